The van der Waals surface area contributed by atoms with Crippen LogP contribution >= 0.6 is 0 Å². The van der Waals surface area contributed by atoms with E-state index in [1.165, 1.54) is 31.4 Å². The highest BCUT2D eigenvalue weighted by molar-refractivity contribution is 7.91. The first kappa shape index (κ1) is 16.1. The summed E-state index contributed by atoms with van der Waals surface area (Å²) in [6.07, 6.45) is 5.15. The summed E-state index contributed by atoms with van der Waals surface area (Å²) < 4.78 is 24.3. The molecule has 1 aliphatic rings. The fraction of sp³-hybridized carbons (Fsp3) is 0.600. The molecule has 0 aromatic heterocycles. The number of phenolic OH excluding ortho intramolecular Hbond substituents is 2. The van der Waals surface area contributed by atoms with Gasteiger partial charge in [0.15, 0.2) is 9.84 Å². The minimum atomic E-state index is -3.54. The highest BCUT2D eigenvalue weighted by atomic mass is 32.2. The van der Waals surface area contributed by atoms with Crippen molar-refractivity contribution in [1.29, 1.82) is 0 Å². The molecule has 0 amide bonds. The molecule has 0 aliphatic carbocycles. The highest BCUT2D eigenvalue weighted by Crippen LogP contribution is 2.28. The van der Waals surface area contributed by atoms with Gasteiger partial charge >= 0.3 is 0 Å². The fourth-order valence-electron chi connectivity index (χ4n) is 2.67. The van der Waals surface area contributed by atoms with Crippen molar-refractivity contribution in [1.82, 2.24) is 4.90 Å². The molecule has 1 fully saturated rings. The molecule has 1 aromatic carbocycles. The number of benzene rings is 1. The van der Waals surface area contributed by atoms with E-state index in [1.54, 1.807) is 0 Å². The molecule has 0 atom stereocenters. The van der Waals surface area contributed by atoms with Crippen molar-refractivity contribution in [3.05, 3.63) is 18.2 Å². The zero-order chi connectivity index (χ0) is 15.3. The number of piperidine rings is 1. The molecule has 0 bridgehead atoms. The standard InChI is InChI=1S/C15H23NO4S/c17-13-6-7-14(18)15(12-13)21(19,20)11-5-4-10-16-8-2-1-3-9-16/h6-7,12,17-18H,1-5,8-11H2. The van der Waals surface area contributed by atoms with E-state index in [1.807, 2.05) is 0 Å². The number of hydrogen-bond donors (Lipinski definition) is 2. The number of hydrogen-bond acceptors (Lipinski definition) is 5. The number of unbranched alkanes of at least 4 members (excludes halogenated alkanes) is 1. The molecule has 1 saturated heterocycles. The Morgan fingerprint density at radius 1 is 1.05 bits per heavy atom. The predicted molar refractivity (Wildman–Crippen MR) is 81.3 cm³/mol. The van der Waals surface area contributed by atoms with Crippen LogP contribution in [-0.4, -0.2) is 48.9 Å². The summed E-state index contributed by atoms with van der Waals surface area (Å²) in [5, 5.41) is 19.0. The fourth-order valence-corrected chi connectivity index (χ4v) is 4.16. The zero-order valence-corrected chi connectivity index (χ0v) is 13.0. The summed E-state index contributed by atoms with van der Waals surface area (Å²) in [5.41, 5.74) is 0. The van der Waals surface area contributed by atoms with Crippen molar-refractivity contribution < 1.29 is 18.6 Å². The third-order valence-corrected chi connectivity index (χ3v) is 5.69. The van der Waals surface area contributed by atoms with Crippen LogP contribution in [0.25, 0.3) is 0 Å². The van der Waals surface area contributed by atoms with Crippen molar-refractivity contribution in [3.8, 4) is 11.5 Å². The summed E-state index contributed by atoms with van der Waals surface area (Å²) in [4.78, 5) is 2.20. The van der Waals surface area contributed by atoms with Crippen molar-refractivity contribution in [2.45, 2.75) is 37.0 Å². The quantitative estimate of drug-likeness (QED) is 0.621. The van der Waals surface area contributed by atoms with Crippen molar-refractivity contribution >= 4 is 9.84 Å². The Morgan fingerprint density at radius 3 is 2.48 bits per heavy atom. The summed E-state index contributed by atoms with van der Waals surface area (Å²) in [6.45, 7) is 3.15. The van der Waals surface area contributed by atoms with Gasteiger partial charge in [0.2, 0.25) is 0 Å². The summed E-state index contributed by atoms with van der Waals surface area (Å²) in [6, 6.07) is 3.58. The molecule has 1 aromatic rings. The van der Waals surface area contributed by atoms with Crippen LogP contribution in [0, 0.1) is 0 Å². The predicted octanol–water partition coefficient (Wildman–Crippen LogP) is 2.14. The lowest BCUT2D eigenvalue weighted by Crippen LogP contribution is -2.30. The van der Waals surface area contributed by atoms with Crippen LogP contribution in [0.4, 0.5) is 0 Å². The molecule has 2 rings (SSSR count). The van der Waals surface area contributed by atoms with Crippen LogP contribution in [-0.2, 0) is 9.84 Å². The van der Waals surface area contributed by atoms with Gasteiger partial charge in [-0.05, 0) is 57.5 Å². The van der Waals surface area contributed by atoms with Gasteiger partial charge in [0.05, 0.1) is 5.75 Å². The van der Waals surface area contributed by atoms with Gasteiger partial charge in [-0.25, -0.2) is 8.42 Å². The van der Waals surface area contributed by atoms with Crippen molar-refractivity contribution in [3.63, 3.8) is 0 Å². The minimum absolute atomic E-state index is 0.00213. The normalized spacial score (nSPS) is 17.0. The second-order valence-electron chi connectivity index (χ2n) is 5.58. The number of likely N-dealkylation sites (tertiary alicyclic amines) is 1. The highest BCUT2D eigenvalue weighted by Gasteiger charge is 2.19. The number of aromatic hydroxyl groups is 2. The molecule has 1 heterocycles. The average Bonchev–Trinajstić information content (AvgIpc) is 2.47. The molecule has 0 saturated carbocycles. The molecule has 6 heteroatoms. The van der Waals surface area contributed by atoms with E-state index in [0.29, 0.717) is 6.42 Å². The molecule has 5 nitrogen and oxygen atoms in total. The lowest BCUT2D eigenvalue weighted by atomic mass is 10.1. The van der Waals surface area contributed by atoms with Crippen LogP contribution in [0.2, 0.25) is 0 Å². The van der Waals surface area contributed by atoms with E-state index >= 15 is 0 Å². The number of rotatable bonds is 6. The number of sulfone groups is 1. The van der Waals surface area contributed by atoms with Crippen LogP contribution in [0.5, 0.6) is 11.5 Å². The lowest BCUT2D eigenvalue weighted by molar-refractivity contribution is 0.226. The minimum Gasteiger partial charge on any atom is -0.508 e. The maximum absolute atomic E-state index is 12.2. The van der Waals surface area contributed by atoms with Gasteiger partial charge < -0.3 is 15.1 Å². The number of phenols is 2. The van der Waals surface area contributed by atoms with E-state index in [9.17, 15) is 18.6 Å². The third kappa shape index (κ3) is 4.61. The SMILES string of the molecule is O=S(=O)(CCCCN1CCCCC1)c1cc(O)ccc1O. The Kier molecular flexibility index (Phi) is 5.47. The Hall–Kier alpha value is -1.27. The Bertz CT molecular complexity index is 565. The van der Waals surface area contributed by atoms with Crippen LogP contribution < -0.4 is 0 Å². The van der Waals surface area contributed by atoms with Crippen LogP contribution in [0.15, 0.2) is 23.1 Å². The molecule has 0 radical (unpaired) electrons. The first-order valence-electron chi connectivity index (χ1n) is 7.46. The van der Waals surface area contributed by atoms with Gasteiger partial charge in [0, 0.05) is 6.07 Å². The molecule has 118 valence electrons. The monoisotopic (exact) mass is 313 g/mol. The van der Waals surface area contributed by atoms with Crippen LogP contribution in [0.1, 0.15) is 32.1 Å². The van der Waals surface area contributed by atoms with Crippen LogP contribution in [0.3, 0.4) is 0 Å². The van der Waals surface area contributed by atoms with Gasteiger partial charge in [-0.1, -0.05) is 6.42 Å². The molecule has 2 N–H and O–H groups in total. The first-order chi connectivity index (χ1) is 9.99. The first-order valence-corrected chi connectivity index (χ1v) is 9.11. The maximum atomic E-state index is 12.2. The zero-order valence-electron chi connectivity index (χ0n) is 12.2. The van der Waals surface area contributed by atoms with Gasteiger partial charge in [-0.2, -0.15) is 0 Å². The summed E-state index contributed by atoms with van der Waals surface area (Å²) in [7, 11) is -3.54. The van der Waals surface area contributed by atoms with Gasteiger partial charge in [-0.15, -0.1) is 0 Å². The Morgan fingerprint density at radius 2 is 1.76 bits per heavy atom. The summed E-state index contributed by atoms with van der Waals surface area (Å²) in [5.74, 6) is -0.457. The van der Waals surface area contributed by atoms with E-state index in [2.05, 4.69) is 4.90 Å². The molecule has 1 aliphatic heterocycles. The smallest absolute Gasteiger partial charge is 0.182 e. The summed E-state index contributed by atoms with van der Waals surface area (Å²) >= 11 is 0. The molecule has 21 heavy (non-hydrogen) atoms. The van der Waals surface area contributed by atoms with Gasteiger partial charge in [-0.3, -0.25) is 0 Å². The maximum Gasteiger partial charge on any atom is 0.182 e. The second-order valence-corrected chi connectivity index (χ2v) is 7.66. The largest absolute Gasteiger partial charge is 0.508 e. The van der Waals surface area contributed by atoms with Crippen molar-refractivity contribution in [2.24, 2.45) is 0 Å². The van der Waals surface area contributed by atoms with E-state index in [0.717, 1.165) is 32.1 Å². The molecular weight excluding hydrogens is 290 g/mol. The number of nitrogens with zero attached hydrogens (tertiary/aromatic N) is 1. The Labute approximate surface area is 126 Å². The van der Waals surface area contributed by atoms with E-state index in [4.69, 9.17) is 0 Å². The lowest BCUT2D eigenvalue weighted by Gasteiger charge is -2.26. The van der Waals surface area contributed by atoms with E-state index in [-0.39, 0.29) is 22.1 Å². The van der Waals surface area contributed by atoms with Gasteiger partial charge in [0.1, 0.15) is 16.4 Å². The third-order valence-electron chi connectivity index (χ3n) is 3.86. The average molecular weight is 313 g/mol. The Balaban J connectivity index is 1.85. The topological polar surface area (TPSA) is 77.8 Å². The second kappa shape index (κ2) is 7.13. The van der Waals surface area contributed by atoms with Gasteiger partial charge in [0.25, 0.3) is 0 Å². The van der Waals surface area contributed by atoms with E-state index < -0.39 is 9.84 Å². The molecule has 0 spiro atoms. The molecule has 0 unspecified atom stereocenters. The molecular formula is C15H23NO4S. The van der Waals surface area contributed by atoms with Crippen molar-refractivity contribution in [2.75, 3.05) is 25.4 Å².